The number of aromatic hydroxyl groups is 1. The third kappa shape index (κ3) is 3.59. The number of oxazole rings is 1. The number of hydrogen-bond donors (Lipinski definition) is 1. The number of methoxy groups -OCH3 is 1. The minimum Gasteiger partial charge on any atom is -0.504 e. The van der Waals surface area contributed by atoms with Crippen molar-refractivity contribution >= 4 is 23.0 Å². The van der Waals surface area contributed by atoms with E-state index in [1.165, 1.54) is 7.11 Å². The van der Waals surface area contributed by atoms with Gasteiger partial charge in [-0.05, 0) is 67.8 Å². The van der Waals surface area contributed by atoms with Crippen molar-refractivity contribution < 1.29 is 14.3 Å². The summed E-state index contributed by atoms with van der Waals surface area (Å²) in [4.78, 5) is 9.23. The number of aromatic nitrogens is 1. The zero-order chi connectivity index (χ0) is 20.5. The van der Waals surface area contributed by atoms with Gasteiger partial charge in [-0.1, -0.05) is 18.2 Å². The van der Waals surface area contributed by atoms with Crippen LogP contribution in [0.25, 0.3) is 22.6 Å². The molecule has 0 spiro atoms. The van der Waals surface area contributed by atoms with Crippen LogP contribution in [-0.2, 0) is 0 Å². The molecular weight excluding hydrogens is 364 g/mol. The van der Waals surface area contributed by atoms with Crippen molar-refractivity contribution in [3.05, 3.63) is 70.8 Å². The summed E-state index contributed by atoms with van der Waals surface area (Å²) in [6.07, 6.45) is 1.63. The van der Waals surface area contributed by atoms with E-state index in [2.05, 4.69) is 16.0 Å². The number of aliphatic imine (C=N–C) groups is 1. The van der Waals surface area contributed by atoms with Gasteiger partial charge in [-0.3, -0.25) is 4.99 Å². The molecule has 29 heavy (non-hydrogen) atoms. The Kier molecular flexibility index (Phi) is 4.80. The third-order valence-electron chi connectivity index (χ3n) is 4.87. The number of fused-ring (bicyclic) bond motifs is 1. The molecule has 1 aromatic heterocycles. The normalized spacial score (nSPS) is 11.4. The number of para-hydroxylation sites is 1. The first-order valence-corrected chi connectivity index (χ1v) is 9.35. The van der Waals surface area contributed by atoms with Crippen LogP contribution < -0.4 is 4.74 Å². The van der Waals surface area contributed by atoms with Crippen LogP contribution in [-0.4, -0.2) is 23.4 Å². The average molecular weight is 386 g/mol. The molecule has 3 aromatic carbocycles. The van der Waals surface area contributed by atoms with Gasteiger partial charge < -0.3 is 14.3 Å². The molecule has 1 heterocycles. The van der Waals surface area contributed by atoms with E-state index in [0.29, 0.717) is 17.2 Å². The molecule has 0 aliphatic heterocycles. The highest BCUT2D eigenvalue weighted by Crippen LogP contribution is 2.32. The molecule has 1 N–H and O–H groups in total. The summed E-state index contributed by atoms with van der Waals surface area (Å²) < 4.78 is 11.2. The molecule has 0 fully saturated rings. The van der Waals surface area contributed by atoms with Crippen LogP contribution in [0, 0.1) is 20.8 Å². The number of aryl methyl sites for hydroxylation is 3. The van der Waals surface area contributed by atoms with Crippen LogP contribution in [0.2, 0.25) is 0 Å². The molecule has 0 saturated heterocycles. The number of phenols is 1. The van der Waals surface area contributed by atoms with Crippen LogP contribution in [0.3, 0.4) is 0 Å². The molecule has 0 radical (unpaired) electrons. The Morgan fingerprint density at radius 2 is 1.86 bits per heavy atom. The Balaban J connectivity index is 1.73. The quantitative estimate of drug-likeness (QED) is 0.444. The molecule has 5 heteroatoms. The Labute approximate surface area is 169 Å². The lowest BCUT2D eigenvalue weighted by molar-refractivity contribution is 0.373. The fraction of sp³-hybridized carbons (Fsp3) is 0.167. The van der Waals surface area contributed by atoms with Gasteiger partial charge in [0.25, 0.3) is 0 Å². The number of ether oxygens (including phenoxy) is 1. The molecule has 146 valence electrons. The summed E-state index contributed by atoms with van der Waals surface area (Å²) in [6.45, 7) is 6.06. The van der Waals surface area contributed by atoms with Crippen molar-refractivity contribution in [1.29, 1.82) is 0 Å². The molecule has 0 amide bonds. The lowest BCUT2D eigenvalue weighted by atomic mass is 10.1. The van der Waals surface area contributed by atoms with Crippen LogP contribution in [0.15, 0.2) is 57.9 Å². The summed E-state index contributed by atoms with van der Waals surface area (Å²) in [5.41, 5.74) is 7.10. The molecule has 4 rings (SSSR count). The van der Waals surface area contributed by atoms with E-state index in [-0.39, 0.29) is 5.75 Å². The minimum atomic E-state index is 0.0670. The Morgan fingerprint density at radius 1 is 1.03 bits per heavy atom. The first-order valence-electron chi connectivity index (χ1n) is 9.35. The monoisotopic (exact) mass is 386 g/mol. The molecule has 4 aromatic rings. The van der Waals surface area contributed by atoms with Crippen molar-refractivity contribution in [3.63, 3.8) is 0 Å². The maximum absolute atomic E-state index is 10.3. The zero-order valence-electron chi connectivity index (χ0n) is 16.9. The van der Waals surface area contributed by atoms with Crippen LogP contribution in [0.5, 0.6) is 11.5 Å². The minimum absolute atomic E-state index is 0.0670. The fourth-order valence-corrected chi connectivity index (χ4v) is 3.33. The summed E-state index contributed by atoms with van der Waals surface area (Å²) in [5.74, 6) is 1.04. The van der Waals surface area contributed by atoms with Gasteiger partial charge in [-0.15, -0.1) is 0 Å². The second-order valence-electron chi connectivity index (χ2n) is 7.11. The van der Waals surface area contributed by atoms with Crippen LogP contribution >= 0.6 is 0 Å². The van der Waals surface area contributed by atoms with E-state index in [1.54, 1.807) is 18.3 Å². The van der Waals surface area contributed by atoms with E-state index in [0.717, 1.165) is 39.0 Å². The zero-order valence-corrected chi connectivity index (χ0v) is 16.9. The van der Waals surface area contributed by atoms with Gasteiger partial charge in [-0.2, -0.15) is 0 Å². The summed E-state index contributed by atoms with van der Waals surface area (Å²) in [7, 11) is 1.52. The third-order valence-corrected chi connectivity index (χ3v) is 4.87. The van der Waals surface area contributed by atoms with Crippen molar-refractivity contribution in [2.45, 2.75) is 20.8 Å². The number of hydrogen-bond acceptors (Lipinski definition) is 5. The van der Waals surface area contributed by atoms with Gasteiger partial charge in [0.2, 0.25) is 5.89 Å². The van der Waals surface area contributed by atoms with Gasteiger partial charge in [0.15, 0.2) is 17.1 Å². The Bertz CT molecular complexity index is 1240. The van der Waals surface area contributed by atoms with E-state index >= 15 is 0 Å². The first-order chi connectivity index (χ1) is 14.0. The number of benzene rings is 3. The van der Waals surface area contributed by atoms with Crippen LogP contribution in [0.1, 0.15) is 22.3 Å². The van der Waals surface area contributed by atoms with Crippen molar-refractivity contribution in [2.24, 2.45) is 4.99 Å². The smallest absolute Gasteiger partial charge is 0.227 e. The van der Waals surface area contributed by atoms with Crippen molar-refractivity contribution in [2.75, 3.05) is 7.11 Å². The fourth-order valence-electron chi connectivity index (χ4n) is 3.33. The van der Waals surface area contributed by atoms with Gasteiger partial charge in [0.05, 0.1) is 12.8 Å². The second kappa shape index (κ2) is 7.43. The van der Waals surface area contributed by atoms with Gasteiger partial charge in [-0.25, -0.2) is 4.98 Å². The predicted octanol–water partition coefficient (Wildman–Crippen LogP) is 5.88. The van der Waals surface area contributed by atoms with Crippen molar-refractivity contribution in [3.8, 4) is 23.0 Å². The number of nitrogens with zero attached hydrogens (tertiary/aromatic N) is 2. The van der Waals surface area contributed by atoms with Gasteiger partial charge in [0.1, 0.15) is 5.52 Å². The van der Waals surface area contributed by atoms with Gasteiger partial charge >= 0.3 is 0 Å². The first kappa shape index (κ1) is 18.7. The van der Waals surface area contributed by atoms with E-state index in [4.69, 9.17) is 9.15 Å². The Hall–Kier alpha value is -3.60. The maximum atomic E-state index is 10.3. The number of rotatable bonds is 4. The molecule has 0 saturated carbocycles. The SMILES string of the molecule is COc1cccc(C=Nc2cc(-c3nc4cc(C)cc(C)c4o3)ccc2C)c1O. The number of phenolic OH excluding ortho intramolecular Hbond substituents is 1. The molecule has 0 bridgehead atoms. The van der Waals surface area contributed by atoms with E-state index < -0.39 is 0 Å². The molecule has 5 nitrogen and oxygen atoms in total. The molecule has 0 aliphatic rings. The average Bonchev–Trinajstić information content (AvgIpc) is 3.12. The predicted molar refractivity (Wildman–Crippen MR) is 116 cm³/mol. The topological polar surface area (TPSA) is 67.9 Å². The van der Waals surface area contributed by atoms with Crippen LogP contribution in [0.4, 0.5) is 5.69 Å². The van der Waals surface area contributed by atoms with Gasteiger partial charge in [0, 0.05) is 17.3 Å². The summed E-state index contributed by atoms with van der Waals surface area (Å²) >= 11 is 0. The molecule has 0 aliphatic carbocycles. The summed E-state index contributed by atoms with van der Waals surface area (Å²) in [6, 6.07) is 15.3. The van der Waals surface area contributed by atoms with Crippen molar-refractivity contribution in [1.82, 2.24) is 4.98 Å². The highest BCUT2D eigenvalue weighted by molar-refractivity contribution is 5.87. The Morgan fingerprint density at radius 3 is 2.66 bits per heavy atom. The highest BCUT2D eigenvalue weighted by Gasteiger charge is 2.12. The second-order valence-corrected chi connectivity index (χ2v) is 7.11. The molecule has 0 unspecified atom stereocenters. The standard InChI is InChI=1S/C24H22N2O3/c1-14-10-16(3)23-20(11-14)26-24(29-23)17-9-8-15(2)19(12-17)25-13-18-6-5-7-21(28-4)22(18)27/h5-13,27H,1-4H3. The molecular formula is C24H22N2O3. The summed E-state index contributed by atoms with van der Waals surface area (Å²) in [5, 5.41) is 10.3. The molecule has 0 atom stereocenters. The van der Waals surface area contributed by atoms with E-state index in [1.807, 2.05) is 51.1 Å². The highest BCUT2D eigenvalue weighted by atomic mass is 16.5. The maximum Gasteiger partial charge on any atom is 0.227 e. The van der Waals surface area contributed by atoms with E-state index in [9.17, 15) is 5.11 Å². The lowest BCUT2D eigenvalue weighted by Gasteiger charge is -2.06. The largest absolute Gasteiger partial charge is 0.504 e. The lowest BCUT2D eigenvalue weighted by Crippen LogP contribution is -1.88.